The van der Waals surface area contributed by atoms with Crippen LogP contribution in [0.3, 0.4) is 0 Å². The van der Waals surface area contributed by atoms with Crippen LogP contribution in [0.1, 0.15) is 27.9 Å². The van der Waals surface area contributed by atoms with Gasteiger partial charge in [-0.25, -0.2) is 4.98 Å². The van der Waals surface area contributed by atoms with Crippen molar-refractivity contribution in [3.63, 3.8) is 0 Å². The molecule has 0 saturated heterocycles. The van der Waals surface area contributed by atoms with Gasteiger partial charge >= 0.3 is 0 Å². The molecule has 2 aromatic carbocycles. The van der Waals surface area contributed by atoms with Crippen LogP contribution < -0.4 is 4.74 Å². The lowest BCUT2D eigenvalue weighted by Gasteiger charge is -2.12. The zero-order chi connectivity index (χ0) is 20.4. The Morgan fingerprint density at radius 2 is 1.79 bits per heavy atom. The van der Waals surface area contributed by atoms with E-state index < -0.39 is 0 Å². The fraction of sp³-hybridized carbons (Fsp3) is 0.261. The fourth-order valence-electron chi connectivity index (χ4n) is 3.26. The largest absolute Gasteiger partial charge is 0.430 e. The van der Waals surface area contributed by atoms with Crippen LogP contribution in [0, 0.1) is 27.7 Å². The first-order valence-electron chi connectivity index (χ1n) is 9.65. The standard InChI is InChI=1S/C23H24N4OS/c1-15-5-7-19(8-6-15)22-25-23(29-26-22)28-21-12-16(2)20(11-17(21)3)9-10-27-14-24-13-18(27)4/h5-8,11-14H,9-10H2,1-4H3. The number of hydrogen-bond donors (Lipinski definition) is 0. The Hall–Kier alpha value is -2.99. The zero-order valence-corrected chi connectivity index (χ0v) is 18.0. The minimum Gasteiger partial charge on any atom is -0.430 e. The van der Waals surface area contributed by atoms with Crippen LogP contribution in [0.25, 0.3) is 11.4 Å². The first-order valence-corrected chi connectivity index (χ1v) is 10.4. The van der Waals surface area contributed by atoms with Crippen molar-refractivity contribution in [3.05, 3.63) is 76.9 Å². The summed E-state index contributed by atoms with van der Waals surface area (Å²) >= 11 is 1.28. The van der Waals surface area contributed by atoms with E-state index in [2.05, 4.69) is 70.9 Å². The molecule has 0 spiro atoms. The second-order valence-corrected chi connectivity index (χ2v) is 8.09. The summed E-state index contributed by atoms with van der Waals surface area (Å²) in [5, 5.41) is 0.560. The molecule has 0 bridgehead atoms. The van der Waals surface area contributed by atoms with E-state index in [0.29, 0.717) is 11.0 Å². The Morgan fingerprint density at radius 1 is 1.00 bits per heavy atom. The van der Waals surface area contributed by atoms with Crippen molar-refractivity contribution in [3.8, 4) is 22.3 Å². The van der Waals surface area contributed by atoms with Gasteiger partial charge in [-0.05, 0) is 56.9 Å². The SMILES string of the molecule is Cc1ccc(-c2nsc(Oc3cc(C)c(CCn4cncc4C)cc3C)n2)cc1. The van der Waals surface area contributed by atoms with Gasteiger partial charge in [-0.15, -0.1) is 0 Å². The third-order valence-electron chi connectivity index (χ3n) is 5.09. The molecule has 0 fully saturated rings. The Bertz CT molecular complexity index is 1130. The van der Waals surface area contributed by atoms with Gasteiger partial charge in [-0.2, -0.15) is 9.36 Å². The maximum absolute atomic E-state index is 6.07. The van der Waals surface area contributed by atoms with Crippen molar-refractivity contribution in [1.29, 1.82) is 0 Å². The molecule has 0 unspecified atom stereocenters. The van der Waals surface area contributed by atoms with Crippen LogP contribution in [0.2, 0.25) is 0 Å². The summed E-state index contributed by atoms with van der Waals surface area (Å²) in [7, 11) is 0. The van der Waals surface area contributed by atoms with Crippen molar-refractivity contribution in [2.24, 2.45) is 0 Å². The molecule has 2 heterocycles. The molecule has 2 aromatic heterocycles. The summed E-state index contributed by atoms with van der Waals surface area (Å²) in [6, 6.07) is 12.5. The zero-order valence-electron chi connectivity index (χ0n) is 17.1. The molecular formula is C23H24N4OS. The monoisotopic (exact) mass is 404 g/mol. The summed E-state index contributed by atoms with van der Waals surface area (Å²) in [5.74, 6) is 1.53. The Morgan fingerprint density at radius 3 is 2.52 bits per heavy atom. The van der Waals surface area contributed by atoms with E-state index in [1.165, 1.54) is 33.9 Å². The van der Waals surface area contributed by atoms with E-state index in [1.54, 1.807) is 0 Å². The quantitative estimate of drug-likeness (QED) is 0.415. The van der Waals surface area contributed by atoms with Crippen molar-refractivity contribution in [2.75, 3.05) is 0 Å². The minimum absolute atomic E-state index is 0.560. The van der Waals surface area contributed by atoms with Crippen LogP contribution in [-0.2, 0) is 13.0 Å². The highest BCUT2D eigenvalue weighted by molar-refractivity contribution is 7.07. The smallest absolute Gasteiger partial charge is 0.299 e. The van der Waals surface area contributed by atoms with E-state index in [4.69, 9.17) is 4.74 Å². The minimum atomic E-state index is 0.560. The average molecular weight is 405 g/mol. The Kier molecular flexibility index (Phi) is 5.45. The molecule has 0 amide bonds. The molecule has 4 rings (SSSR count). The molecule has 29 heavy (non-hydrogen) atoms. The van der Waals surface area contributed by atoms with Gasteiger partial charge in [0, 0.05) is 35.5 Å². The number of aromatic nitrogens is 4. The van der Waals surface area contributed by atoms with Crippen LogP contribution in [-0.4, -0.2) is 18.9 Å². The molecule has 0 atom stereocenters. The predicted octanol–water partition coefficient (Wildman–Crippen LogP) is 5.67. The number of rotatable bonds is 6. The molecule has 0 aliphatic heterocycles. The summed E-state index contributed by atoms with van der Waals surface area (Å²) in [4.78, 5) is 8.75. The van der Waals surface area contributed by atoms with Crippen LogP contribution in [0.15, 0.2) is 48.9 Å². The van der Waals surface area contributed by atoms with E-state index in [1.807, 2.05) is 24.7 Å². The highest BCUT2D eigenvalue weighted by Crippen LogP contribution is 2.31. The van der Waals surface area contributed by atoms with E-state index in [9.17, 15) is 0 Å². The Balaban J connectivity index is 1.48. The second kappa shape index (κ2) is 8.17. The topological polar surface area (TPSA) is 52.8 Å². The number of nitrogens with zero attached hydrogens (tertiary/aromatic N) is 4. The fourth-order valence-corrected chi connectivity index (χ4v) is 3.82. The molecule has 0 aliphatic carbocycles. The van der Waals surface area contributed by atoms with Crippen LogP contribution >= 0.6 is 11.5 Å². The third-order valence-corrected chi connectivity index (χ3v) is 5.69. The highest BCUT2D eigenvalue weighted by atomic mass is 32.1. The van der Waals surface area contributed by atoms with Crippen molar-refractivity contribution in [1.82, 2.24) is 18.9 Å². The number of imidazole rings is 1. The lowest BCUT2D eigenvalue weighted by atomic mass is 10.0. The second-order valence-electron chi connectivity index (χ2n) is 7.37. The van der Waals surface area contributed by atoms with Gasteiger partial charge in [-0.1, -0.05) is 35.9 Å². The van der Waals surface area contributed by atoms with Crippen molar-refractivity contribution >= 4 is 11.5 Å². The highest BCUT2D eigenvalue weighted by Gasteiger charge is 2.12. The molecule has 6 heteroatoms. The molecule has 5 nitrogen and oxygen atoms in total. The number of benzene rings is 2. The normalized spacial score (nSPS) is 11.0. The maximum Gasteiger partial charge on any atom is 0.299 e. The molecule has 0 N–H and O–H groups in total. The molecule has 0 aliphatic rings. The summed E-state index contributed by atoms with van der Waals surface area (Å²) in [6.07, 6.45) is 4.73. The lowest BCUT2D eigenvalue weighted by Crippen LogP contribution is -2.03. The van der Waals surface area contributed by atoms with E-state index in [0.717, 1.165) is 29.8 Å². The number of hydrogen-bond acceptors (Lipinski definition) is 5. The predicted molar refractivity (Wildman–Crippen MR) is 117 cm³/mol. The molecule has 4 aromatic rings. The van der Waals surface area contributed by atoms with Gasteiger partial charge in [0.2, 0.25) is 0 Å². The van der Waals surface area contributed by atoms with Crippen molar-refractivity contribution in [2.45, 2.75) is 40.7 Å². The number of ether oxygens (including phenoxy) is 1. The van der Waals surface area contributed by atoms with Gasteiger partial charge in [0.15, 0.2) is 5.82 Å². The van der Waals surface area contributed by atoms with Gasteiger partial charge in [0.25, 0.3) is 5.19 Å². The van der Waals surface area contributed by atoms with Gasteiger partial charge in [0.05, 0.1) is 6.33 Å². The summed E-state index contributed by atoms with van der Waals surface area (Å²) in [5.41, 5.74) is 7.03. The molecule has 148 valence electrons. The third kappa shape index (κ3) is 4.38. The van der Waals surface area contributed by atoms with Gasteiger partial charge < -0.3 is 9.30 Å². The van der Waals surface area contributed by atoms with Crippen LogP contribution in [0.4, 0.5) is 0 Å². The molecule has 0 radical (unpaired) electrons. The van der Waals surface area contributed by atoms with Crippen molar-refractivity contribution < 1.29 is 4.74 Å². The first-order chi connectivity index (χ1) is 14.0. The van der Waals surface area contributed by atoms with Gasteiger partial charge in [-0.3, -0.25) is 0 Å². The Labute approximate surface area is 175 Å². The first kappa shape index (κ1) is 19.3. The summed E-state index contributed by atoms with van der Waals surface area (Å²) < 4.78 is 12.7. The van der Waals surface area contributed by atoms with E-state index in [-0.39, 0.29) is 0 Å². The number of aryl methyl sites for hydroxylation is 6. The average Bonchev–Trinajstić information content (AvgIpc) is 3.33. The van der Waals surface area contributed by atoms with E-state index >= 15 is 0 Å². The molecule has 0 saturated carbocycles. The van der Waals surface area contributed by atoms with Crippen LogP contribution in [0.5, 0.6) is 10.9 Å². The van der Waals surface area contributed by atoms with Gasteiger partial charge in [0.1, 0.15) is 5.75 Å². The maximum atomic E-state index is 6.07. The lowest BCUT2D eigenvalue weighted by molar-refractivity contribution is 0.475. The molecular weight excluding hydrogens is 380 g/mol. The summed E-state index contributed by atoms with van der Waals surface area (Å²) in [6.45, 7) is 9.26.